The first-order valence-corrected chi connectivity index (χ1v) is 6.59. The first kappa shape index (κ1) is 14.6. The Morgan fingerprint density at radius 3 is 2.94 bits per heavy atom. The summed E-state index contributed by atoms with van der Waals surface area (Å²) in [7, 11) is 1.75. The third-order valence-electron chi connectivity index (χ3n) is 2.40. The van der Waals surface area contributed by atoms with Crippen molar-refractivity contribution in [1.29, 1.82) is 0 Å². The topological polar surface area (TPSA) is 83.1 Å². The molecule has 7 heteroatoms. The molecule has 0 aliphatic heterocycles. The number of aldehydes is 1. The highest BCUT2D eigenvalue weighted by Crippen LogP contribution is 2.15. The molecule has 0 unspecified atom stereocenters. The van der Waals surface area contributed by atoms with Crippen molar-refractivity contribution in [3.63, 3.8) is 0 Å². The Morgan fingerprint density at radius 2 is 2.33 bits per heavy atom. The molecule has 100 valence electrons. The molecule has 1 aromatic heterocycles. The van der Waals surface area contributed by atoms with E-state index in [0.717, 1.165) is 17.8 Å². The smallest absolute Gasteiger partial charge is 0.236 e. The van der Waals surface area contributed by atoms with E-state index in [4.69, 9.17) is 0 Å². The van der Waals surface area contributed by atoms with Crippen LogP contribution in [0.4, 0.5) is 5.13 Å². The quantitative estimate of drug-likeness (QED) is 0.473. The molecule has 1 heterocycles. The monoisotopic (exact) mass is 270 g/mol. The fourth-order valence-corrected chi connectivity index (χ4v) is 1.86. The van der Waals surface area contributed by atoms with Gasteiger partial charge in [0.05, 0.1) is 17.1 Å². The summed E-state index contributed by atoms with van der Waals surface area (Å²) >= 11 is 1.32. The van der Waals surface area contributed by atoms with Crippen LogP contribution in [0.3, 0.4) is 0 Å². The molecule has 0 bridgehead atoms. The number of aromatic nitrogens is 1. The van der Waals surface area contributed by atoms with Crippen LogP contribution in [0.2, 0.25) is 0 Å². The molecule has 1 amide bonds. The fourth-order valence-electron chi connectivity index (χ4n) is 1.20. The molecule has 0 saturated heterocycles. The second-order valence-electron chi connectivity index (χ2n) is 3.77. The second-order valence-corrected chi connectivity index (χ2v) is 4.83. The molecule has 0 radical (unpaired) electrons. The number of hydrogen-bond donors (Lipinski definition) is 3. The number of nitrogens with one attached hydrogen (secondary N) is 3. The van der Waals surface area contributed by atoms with Gasteiger partial charge in [0.25, 0.3) is 0 Å². The van der Waals surface area contributed by atoms with E-state index in [1.54, 1.807) is 7.05 Å². The summed E-state index contributed by atoms with van der Waals surface area (Å²) in [6, 6.07) is -0.174. The first-order chi connectivity index (χ1) is 8.67. The van der Waals surface area contributed by atoms with Crippen LogP contribution in [0.5, 0.6) is 0 Å². The summed E-state index contributed by atoms with van der Waals surface area (Å²) in [6.45, 7) is 3.13. The van der Waals surface area contributed by atoms with Crippen molar-refractivity contribution in [1.82, 2.24) is 15.6 Å². The van der Waals surface area contributed by atoms with Gasteiger partial charge in [-0.1, -0.05) is 11.3 Å². The largest absolute Gasteiger partial charge is 0.361 e. The molecule has 0 fully saturated rings. The molecule has 0 aromatic carbocycles. The number of thiazole rings is 1. The van der Waals surface area contributed by atoms with Crippen molar-refractivity contribution in [3.05, 3.63) is 11.1 Å². The van der Waals surface area contributed by atoms with Crippen molar-refractivity contribution in [2.45, 2.75) is 19.4 Å². The number of rotatable bonds is 8. The molecule has 0 spiro atoms. The Bertz CT molecular complexity index is 394. The number of nitrogens with zero attached hydrogens (tertiary/aromatic N) is 1. The van der Waals surface area contributed by atoms with Crippen molar-refractivity contribution < 1.29 is 9.59 Å². The Balaban J connectivity index is 2.12. The third kappa shape index (κ3) is 4.80. The van der Waals surface area contributed by atoms with E-state index in [0.29, 0.717) is 18.0 Å². The molecule has 1 atom stereocenters. The Kier molecular flexibility index (Phi) is 6.31. The molecule has 0 aliphatic rings. The van der Waals surface area contributed by atoms with E-state index in [1.807, 2.05) is 6.92 Å². The maximum Gasteiger partial charge on any atom is 0.236 e. The van der Waals surface area contributed by atoms with Crippen molar-refractivity contribution in [3.8, 4) is 0 Å². The van der Waals surface area contributed by atoms with Crippen LogP contribution in [0.15, 0.2) is 6.20 Å². The normalized spacial score (nSPS) is 11.9. The Hall–Kier alpha value is -1.47. The molecular weight excluding hydrogens is 252 g/mol. The summed E-state index contributed by atoms with van der Waals surface area (Å²) in [5, 5.41) is 9.52. The van der Waals surface area contributed by atoms with Crippen LogP contribution < -0.4 is 16.0 Å². The molecule has 1 aromatic rings. The zero-order chi connectivity index (χ0) is 13.4. The number of hydrogen-bond acceptors (Lipinski definition) is 6. The minimum Gasteiger partial charge on any atom is -0.361 e. The summed E-state index contributed by atoms with van der Waals surface area (Å²) in [4.78, 5) is 26.5. The van der Waals surface area contributed by atoms with E-state index in [2.05, 4.69) is 20.9 Å². The maximum absolute atomic E-state index is 11.4. The molecule has 3 N–H and O–H groups in total. The van der Waals surface area contributed by atoms with E-state index in [1.165, 1.54) is 17.5 Å². The first-order valence-electron chi connectivity index (χ1n) is 5.77. The van der Waals surface area contributed by atoms with Gasteiger partial charge in [0.1, 0.15) is 0 Å². The zero-order valence-corrected chi connectivity index (χ0v) is 11.3. The van der Waals surface area contributed by atoms with Crippen LogP contribution >= 0.6 is 11.3 Å². The van der Waals surface area contributed by atoms with Gasteiger partial charge in [-0.3, -0.25) is 9.59 Å². The van der Waals surface area contributed by atoms with Gasteiger partial charge in [-0.15, -0.1) is 0 Å². The van der Waals surface area contributed by atoms with E-state index in [-0.39, 0.29) is 11.9 Å². The second kappa shape index (κ2) is 7.78. The highest BCUT2D eigenvalue weighted by molar-refractivity contribution is 7.17. The third-order valence-corrected chi connectivity index (χ3v) is 3.28. The Labute approximate surface area is 110 Å². The number of amides is 1. The predicted molar refractivity (Wildman–Crippen MR) is 72.1 cm³/mol. The zero-order valence-electron chi connectivity index (χ0n) is 10.5. The van der Waals surface area contributed by atoms with Gasteiger partial charge in [-0.2, -0.15) is 0 Å². The maximum atomic E-state index is 11.4. The van der Waals surface area contributed by atoms with Crippen LogP contribution in [0, 0.1) is 0 Å². The minimum absolute atomic E-state index is 0.00464. The highest BCUT2D eigenvalue weighted by Gasteiger charge is 2.08. The van der Waals surface area contributed by atoms with Gasteiger partial charge in [0.15, 0.2) is 11.4 Å². The summed E-state index contributed by atoms with van der Waals surface area (Å²) < 4.78 is 0. The Morgan fingerprint density at radius 1 is 1.56 bits per heavy atom. The highest BCUT2D eigenvalue weighted by atomic mass is 32.1. The lowest BCUT2D eigenvalue weighted by atomic mass is 10.3. The molecule has 0 aliphatic carbocycles. The van der Waals surface area contributed by atoms with Gasteiger partial charge in [0.2, 0.25) is 5.91 Å². The van der Waals surface area contributed by atoms with Crippen molar-refractivity contribution >= 4 is 28.7 Å². The number of likely N-dealkylation sites (N-methyl/N-ethyl adjacent to an activating group) is 1. The van der Waals surface area contributed by atoms with Crippen LogP contribution in [-0.2, 0) is 4.79 Å². The lowest BCUT2D eigenvalue weighted by Gasteiger charge is -2.10. The standard InChI is InChI=1S/C11H18N4O2S/c1-8(12-2)10(17)13-4-3-5-14-11-15-6-9(7-16)18-11/h6-8,12H,3-5H2,1-2H3,(H,13,17)(H,14,15)/t8-/m0/s1. The summed E-state index contributed by atoms with van der Waals surface area (Å²) in [5.74, 6) is -0.00464. The van der Waals surface area contributed by atoms with Gasteiger partial charge in [-0.25, -0.2) is 4.98 Å². The SMILES string of the molecule is CN[C@@H](C)C(=O)NCCCNc1ncc(C=O)s1. The van der Waals surface area contributed by atoms with Gasteiger partial charge in [-0.05, 0) is 20.4 Å². The van der Waals surface area contributed by atoms with Gasteiger partial charge < -0.3 is 16.0 Å². The molecule has 18 heavy (non-hydrogen) atoms. The fraction of sp³-hybridized carbons (Fsp3) is 0.545. The average Bonchev–Trinajstić information content (AvgIpc) is 2.85. The van der Waals surface area contributed by atoms with E-state index < -0.39 is 0 Å². The van der Waals surface area contributed by atoms with Crippen LogP contribution in [0.25, 0.3) is 0 Å². The molecule has 0 saturated carbocycles. The van der Waals surface area contributed by atoms with Gasteiger partial charge >= 0.3 is 0 Å². The van der Waals surface area contributed by atoms with E-state index >= 15 is 0 Å². The molecule has 6 nitrogen and oxygen atoms in total. The van der Waals surface area contributed by atoms with E-state index in [9.17, 15) is 9.59 Å². The lowest BCUT2D eigenvalue weighted by Crippen LogP contribution is -2.41. The predicted octanol–water partition coefficient (Wildman–Crippen LogP) is 0.482. The van der Waals surface area contributed by atoms with Crippen LogP contribution in [-0.4, -0.2) is 43.4 Å². The van der Waals surface area contributed by atoms with Gasteiger partial charge in [0, 0.05) is 13.1 Å². The lowest BCUT2D eigenvalue weighted by molar-refractivity contribution is -0.122. The summed E-state index contributed by atoms with van der Waals surface area (Å²) in [6.07, 6.45) is 3.12. The van der Waals surface area contributed by atoms with Crippen molar-refractivity contribution in [2.24, 2.45) is 0 Å². The number of carbonyl (C=O) groups is 2. The number of anilines is 1. The van der Waals surface area contributed by atoms with Crippen LogP contribution in [0.1, 0.15) is 23.0 Å². The minimum atomic E-state index is -0.174. The van der Waals surface area contributed by atoms with Crippen molar-refractivity contribution in [2.75, 3.05) is 25.5 Å². The number of carbonyl (C=O) groups excluding carboxylic acids is 2. The molecule has 1 rings (SSSR count). The summed E-state index contributed by atoms with van der Waals surface area (Å²) in [5.41, 5.74) is 0. The molecular formula is C11H18N4O2S. The average molecular weight is 270 g/mol.